The minimum Gasteiger partial charge on any atom is -0.247 e. The zero-order valence-electron chi connectivity index (χ0n) is 9.30. The molecule has 2 aliphatic heterocycles. The molecule has 0 fully saturated rings. The summed E-state index contributed by atoms with van der Waals surface area (Å²) in [5, 5.41) is 4.86. The fourth-order valence-corrected chi connectivity index (χ4v) is 2.55. The molecule has 0 saturated carbocycles. The van der Waals surface area contributed by atoms with Gasteiger partial charge in [-0.2, -0.15) is 4.57 Å². The van der Waals surface area contributed by atoms with Crippen LogP contribution >= 0.6 is 0 Å². The van der Waals surface area contributed by atoms with Crippen LogP contribution in [0.5, 0.6) is 0 Å². The van der Waals surface area contributed by atoms with Gasteiger partial charge in [-0.25, -0.2) is 4.99 Å². The summed E-state index contributed by atoms with van der Waals surface area (Å²) in [4.78, 5) is 4.67. The Morgan fingerprint density at radius 3 is 3.06 bits per heavy atom. The lowest BCUT2D eigenvalue weighted by molar-refractivity contribution is -0.700. The largest absolute Gasteiger partial charge is 0.247 e. The summed E-state index contributed by atoms with van der Waals surface area (Å²) < 4.78 is 2.26. The van der Waals surface area contributed by atoms with Crippen LogP contribution < -0.4 is 15.3 Å². The molecular weight excluding hydrogens is 208 g/mol. The maximum atomic E-state index is 4.67. The number of nitrogens with zero attached hydrogens (tertiary/aromatic N) is 2. The molecule has 2 nitrogen and oxygen atoms in total. The van der Waals surface area contributed by atoms with Gasteiger partial charge in [-0.15, -0.1) is 0 Å². The van der Waals surface area contributed by atoms with Gasteiger partial charge in [0.05, 0.1) is 16.3 Å². The molecule has 4 rings (SSSR count). The number of rotatable bonds is 0. The molecule has 1 aromatic carbocycles. The fourth-order valence-electron chi connectivity index (χ4n) is 2.55. The number of hydrogen-bond acceptors (Lipinski definition) is 1. The maximum absolute atomic E-state index is 4.67. The third-order valence-electron chi connectivity index (χ3n) is 3.34. The van der Waals surface area contributed by atoms with Crippen molar-refractivity contribution in [3.05, 3.63) is 69.8 Å². The Hall–Kier alpha value is -2.22. The normalized spacial score (nSPS) is 14.4. The van der Waals surface area contributed by atoms with Crippen LogP contribution in [0.4, 0.5) is 5.69 Å². The molecule has 2 aromatic rings. The van der Waals surface area contributed by atoms with Gasteiger partial charge in [0.2, 0.25) is 5.35 Å². The van der Waals surface area contributed by atoms with E-state index in [1.165, 1.54) is 15.8 Å². The lowest BCUT2D eigenvalue weighted by Crippen LogP contribution is -2.50. The van der Waals surface area contributed by atoms with Crippen LogP contribution in [0.15, 0.2) is 53.7 Å². The molecule has 3 heterocycles. The van der Waals surface area contributed by atoms with Gasteiger partial charge in [0.1, 0.15) is 0 Å². The van der Waals surface area contributed by atoms with E-state index in [9.17, 15) is 0 Å². The second-order valence-electron chi connectivity index (χ2n) is 4.34. The molecule has 0 bridgehead atoms. The average molecular weight is 219 g/mol. The van der Waals surface area contributed by atoms with Crippen molar-refractivity contribution in [3.8, 4) is 0 Å². The van der Waals surface area contributed by atoms with Crippen LogP contribution in [0.3, 0.4) is 0 Å². The van der Waals surface area contributed by atoms with E-state index in [1.807, 2.05) is 6.07 Å². The van der Waals surface area contributed by atoms with Gasteiger partial charge >= 0.3 is 0 Å². The number of benzene rings is 1. The molecule has 0 aliphatic carbocycles. The van der Waals surface area contributed by atoms with Gasteiger partial charge in [0.15, 0.2) is 12.7 Å². The first-order chi connectivity index (χ1) is 8.43. The van der Waals surface area contributed by atoms with Crippen molar-refractivity contribution < 1.29 is 4.57 Å². The highest BCUT2D eigenvalue weighted by atomic mass is 14.9. The molecule has 0 amide bonds. The highest BCUT2D eigenvalue weighted by Crippen LogP contribution is 2.13. The van der Waals surface area contributed by atoms with Crippen molar-refractivity contribution in [2.75, 3.05) is 0 Å². The molecule has 2 heteroatoms. The third kappa shape index (κ3) is 1.15. The summed E-state index contributed by atoms with van der Waals surface area (Å²) in [6, 6.07) is 10.4. The molecule has 0 radical (unpaired) electrons. The van der Waals surface area contributed by atoms with Crippen LogP contribution in [0.25, 0.3) is 6.08 Å². The van der Waals surface area contributed by atoms with Crippen molar-refractivity contribution in [2.45, 2.75) is 6.54 Å². The fraction of sp³-hybridized carbons (Fsp3) is 0.0667. The van der Waals surface area contributed by atoms with Gasteiger partial charge < -0.3 is 0 Å². The number of aromatic nitrogens is 1. The van der Waals surface area contributed by atoms with Crippen LogP contribution in [-0.2, 0) is 6.54 Å². The first-order valence-electron chi connectivity index (χ1n) is 5.81. The van der Waals surface area contributed by atoms with Crippen LogP contribution in [0.1, 0.15) is 0 Å². The Morgan fingerprint density at radius 1 is 1.12 bits per heavy atom. The minimum absolute atomic E-state index is 0.946. The van der Waals surface area contributed by atoms with Gasteiger partial charge in [-0.05, 0) is 12.1 Å². The summed E-state index contributed by atoms with van der Waals surface area (Å²) in [5.74, 6) is 0. The van der Waals surface area contributed by atoms with E-state index in [0.29, 0.717) is 0 Å². The first kappa shape index (κ1) is 8.88. The van der Waals surface area contributed by atoms with Gasteiger partial charge in [0, 0.05) is 17.4 Å². The second kappa shape index (κ2) is 3.14. The predicted molar refractivity (Wildman–Crippen MR) is 64.8 cm³/mol. The molecule has 0 saturated heterocycles. The van der Waals surface area contributed by atoms with E-state index in [4.69, 9.17) is 0 Å². The van der Waals surface area contributed by atoms with E-state index >= 15 is 0 Å². The Balaban J connectivity index is 2.38. The standard InChI is InChI=1S/C15H11N2/c1-2-6-12-11(5-1)15-13(16-12)8-10-17-9-4-3-7-14(15)17/h1-8,10H,9H2/q+1. The second-order valence-corrected chi connectivity index (χ2v) is 4.34. The van der Waals surface area contributed by atoms with E-state index in [1.54, 1.807) is 0 Å². The smallest absolute Gasteiger partial charge is 0.215 e. The topological polar surface area (TPSA) is 16.2 Å². The lowest BCUT2D eigenvalue weighted by Gasteiger charge is -1.98. The Morgan fingerprint density at radius 2 is 2.06 bits per heavy atom. The molecule has 0 unspecified atom stereocenters. The highest BCUT2D eigenvalue weighted by molar-refractivity contribution is 5.46. The summed E-state index contributed by atoms with van der Waals surface area (Å²) in [6.07, 6.45) is 8.57. The van der Waals surface area contributed by atoms with Crippen molar-refractivity contribution in [1.29, 1.82) is 0 Å². The van der Waals surface area contributed by atoms with Gasteiger partial charge in [-0.3, -0.25) is 0 Å². The van der Waals surface area contributed by atoms with E-state index in [0.717, 1.165) is 17.6 Å². The van der Waals surface area contributed by atoms with Crippen molar-refractivity contribution in [2.24, 2.45) is 4.99 Å². The molecule has 0 N–H and O–H groups in total. The molecule has 0 spiro atoms. The van der Waals surface area contributed by atoms with Crippen molar-refractivity contribution in [3.63, 3.8) is 0 Å². The zero-order valence-corrected chi connectivity index (χ0v) is 9.30. The summed E-state index contributed by atoms with van der Waals surface area (Å²) in [6.45, 7) is 0.946. The van der Waals surface area contributed by atoms with Gasteiger partial charge in [-0.1, -0.05) is 24.3 Å². The number of hydrogen-bond donors (Lipinski definition) is 0. The molecule has 0 atom stereocenters. The molecule has 2 aliphatic rings. The number of fused-ring (bicyclic) bond motifs is 4. The van der Waals surface area contributed by atoms with Gasteiger partial charge in [0.25, 0.3) is 0 Å². The Labute approximate surface area is 98.2 Å². The Kier molecular flexibility index (Phi) is 1.64. The third-order valence-corrected chi connectivity index (χ3v) is 3.34. The van der Waals surface area contributed by atoms with Crippen molar-refractivity contribution in [1.82, 2.24) is 0 Å². The van der Waals surface area contributed by atoms with Crippen LogP contribution in [0, 0.1) is 10.4 Å². The lowest BCUT2D eigenvalue weighted by atomic mass is 10.2. The number of allylic oxidation sites excluding steroid dienone is 2. The minimum atomic E-state index is 0.946. The summed E-state index contributed by atoms with van der Waals surface area (Å²) in [5.41, 5.74) is 1.09. The highest BCUT2D eigenvalue weighted by Gasteiger charge is 2.13. The Bertz CT molecular complexity index is 861. The quantitative estimate of drug-likeness (QED) is 0.499. The summed E-state index contributed by atoms with van der Waals surface area (Å²) in [7, 11) is 0. The predicted octanol–water partition coefficient (Wildman–Crippen LogP) is 0.876. The summed E-state index contributed by atoms with van der Waals surface area (Å²) >= 11 is 0. The molecule has 17 heavy (non-hydrogen) atoms. The first-order valence-corrected chi connectivity index (χ1v) is 5.81. The maximum Gasteiger partial charge on any atom is 0.215 e. The number of para-hydroxylation sites is 1. The van der Waals surface area contributed by atoms with Crippen LogP contribution in [-0.4, -0.2) is 0 Å². The number of pyridine rings is 1. The zero-order chi connectivity index (χ0) is 11.2. The SMILES string of the molecule is C1=CC[n+]2ccc3c(c2=C1)=c1ccccc1=N3. The van der Waals surface area contributed by atoms with E-state index in [2.05, 4.69) is 58.2 Å². The van der Waals surface area contributed by atoms with E-state index in [-0.39, 0.29) is 0 Å². The molecular formula is C15H11N2+. The molecule has 1 aromatic heterocycles. The van der Waals surface area contributed by atoms with Crippen molar-refractivity contribution >= 4 is 11.8 Å². The van der Waals surface area contributed by atoms with E-state index < -0.39 is 0 Å². The monoisotopic (exact) mass is 219 g/mol. The average Bonchev–Trinajstić information content (AvgIpc) is 2.77. The van der Waals surface area contributed by atoms with Crippen LogP contribution in [0.2, 0.25) is 0 Å². The molecule has 80 valence electrons.